The molecule has 0 saturated heterocycles. The second-order valence-electron chi connectivity index (χ2n) is 4.98. The van der Waals surface area contributed by atoms with Crippen LogP contribution in [0, 0.1) is 6.92 Å². The van der Waals surface area contributed by atoms with E-state index in [1.807, 2.05) is 6.92 Å². The Bertz CT molecular complexity index is 796. The normalized spacial score (nSPS) is 10.3. The second kappa shape index (κ2) is 6.70. The zero-order valence-electron chi connectivity index (χ0n) is 12.2. The zero-order chi connectivity index (χ0) is 16.3. The molecule has 0 aliphatic rings. The number of nitrogens with one attached hydrogen (secondary N) is 1. The van der Waals surface area contributed by atoms with E-state index in [2.05, 4.69) is 21.2 Å². The van der Waals surface area contributed by atoms with Crippen LogP contribution in [0.3, 0.4) is 0 Å². The number of nitrogens with zero attached hydrogens (tertiary/aromatic N) is 1. The molecule has 0 atom stereocenters. The highest BCUT2D eigenvalue weighted by Crippen LogP contribution is 2.11. The van der Waals surface area contributed by atoms with Crippen molar-refractivity contribution in [2.45, 2.75) is 20.4 Å². The summed E-state index contributed by atoms with van der Waals surface area (Å²) in [6.07, 6.45) is 1.62. The first kappa shape index (κ1) is 16.2. The fourth-order valence-corrected chi connectivity index (χ4v) is 2.62. The maximum absolute atomic E-state index is 12.1. The summed E-state index contributed by atoms with van der Waals surface area (Å²) in [4.78, 5) is 35.3. The van der Waals surface area contributed by atoms with Gasteiger partial charge in [0, 0.05) is 17.4 Å². The van der Waals surface area contributed by atoms with Crippen LogP contribution in [0.2, 0.25) is 0 Å². The lowest BCUT2D eigenvalue weighted by atomic mass is 10.1. The summed E-state index contributed by atoms with van der Waals surface area (Å²) in [6, 6.07) is 8.38. The van der Waals surface area contributed by atoms with Crippen LogP contribution in [0.25, 0.3) is 0 Å². The average Bonchev–Trinajstić information content (AvgIpc) is 2.44. The van der Waals surface area contributed by atoms with Gasteiger partial charge in [-0.25, -0.2) is 0 Å². The van der Waals surface area contributed by atoms with E-state index in [4.69, 9.17) is 0 Å². The van der Waals surface area contributed by atoms with E-state index in [0.717, 1.165) is 5.56 Å². The number of carbonyl (C=O) groups excluding carboxylic acids is 2. The fourth-order valence-electron chi connectivity index (χ4n) is 2.03. The van der Waals surface area contributed by atoms with Crippen molar-refractivity contribution in [3.8, 4) is 0 Å². The molecule has 0 radical (unpaired) electrons. The van der Waals surface area contributed by atoms with E-state index < -0.39 is 0 Å². The number of hydrogen-bond donors (Lipinski definition) is 1. The van der Waals surface area contributed by atoms with Gasteiger partial charge in [-0.3, -0.25) is 14.4 Å². The predicted octanol–water partition coefficient (Wildman–Crippen LogP) is 2.76. The molecule has 2 aromatic rings. The van der Waals surface area contributed by atoms with Crippen molar-refractivity contribution in [2.75, 3.05) is 5.32 Å². The number of aromatic nitrogens is 1. The van der Waals surface area contributed by atoms with Crippen LogP contribution in [0.15, 0.2) is 45.8 Å². The van der Waals surface area contributed by atoms with Gasteiger partial charge < -0.3 is 9.88 Å². The standard InChI is InChI=1S/C16H15BrN2O3/c1-10-6-14(17)16(22)19(8-10)9-15(21)18-13-5-3-4-12(7-13)11(2)20/h3-8H,9H2,1-2H3,(H,18,21). The summed E-state index contributed by atoms with van der Waals surface area (Å²) in [7, 11) is 0. The molecule has 0 spiro atoms. The van der Waals surface area contributed by atoms with Gasteiger partial charge in [0.25, 0.3) is 5.56 Å². The molecule has 6 heteroatoms. The van der Waals surface area contributed by atoms with Crippen molar-refractivity contribution >= 4 is 33.3 Å². The van der Waals surface area contributed by atoms with Crippen LogP contribution in [0.5, 0.6) is 0 Å². The summed E-state index contributed by atoms with van der Waals surface area (Å²) in [5.74, 6) is -0.407. The summed E-state index contributed by atoms with van der Waals surface area (Å²) in [6.45, 7) is 3.21. The van der Waals surface area contributed by atoms with Crippen molar-refractivity contribution in [3.63, 3.8) is 0 Å². The third-order valence-electron chi connectivity index (χ3n) is 3.05. The number of aryl methyl sites for hydroxylation is 1. The molecular weight excluding hydrogens is 348 g/mol. The highest BCUT2D eigenvalue weighted by molar-refractivity contribution is 9.10. The highest BCUT2D eigenvalue weighted by Gasteiger charge is 2.09. The van der Waals surface area contributed by atoms with E-state index >= 15 is 0 Å². The molecule has 114 valence electrons. The lowest BCUT2D eigenvalue weighted by Crippen LogP contribution is -2.28. The number of carbonyl (C=O) groups is 2. The first-order valence-electron chi connectivity index (χ1n) is 6.64. The number of ketones is 1. The van der Waals surface area contributed by atoms with Crippen molar-refractivity contribution in [1.82, 2.24) is 4.57 Å². The maximum atomic E-state index is 12.1. The molecule has 2 rings (SSSR count). The number of pyridine rings is 1. The first-order chi connectivity index (χ1) is 10.4. The maximum Gasteiger partial charge on any atom is 0.265 e. The van der Waals surface area contributed by atoms with Crippen LogP contribution >= 0.6 is 15.9 Å². The molecule has 1 N–H and O–H groups in total. The van der Waals surface area contributed by atoms with E-state index in [-0.39, 0.29) is 23.8 Å². The highest BCUT2D eigenvalue weighted by atomic mass is 79.9. The van der Waals surface area contributed by atoms with Crippen LogP contribution < -0.4 is 10.9 Å². The van der Waals surface area contributed by atoms with Gasteiger partial charge >= 0.3 is 0 Å². The molecule has 0 fully saturated rings. The number of amides is 1. The second-order valence-corrected chi connectivity index (χ2v) is 5.84. The lowest BCUT2D eigenvalue weighted by molar-refractivity contribution is -0.116. The van der Waals surface area contributed by atoms with E-state index in [9.17, 15) is 14.4 Å². The van der Waals surface area contributed by atoms with Crippen LogP contribution in [0.4, 0.5) is 5.69 Å². The largest absolute Gasteiger partial charge is 0.325 e. The van der Waals surface area contributed by atoms with E-state index in [0.29, 0.717) is 15.7 Å². The van der Waals surface area contributed by atoms with Gasteiger partial charge in [0.05, 0.1) is 4.47 Å². The van der Waals surface area contributed by atoms with Gasteiger partial charge in [0.15, 0.2) is 5.78 Å². The summed E-state index contributed by atoms with van der Waals surface area (Å²) in [5.41, 5.74) is 1.65. The Kier molecular flexibility index (Phi) is 4.92. The Hall–Kier alpha value is -2.21. The zero-order valence-corrected chi connectivity index (χ0v) is 13.8. The number of hydrogen-bond acceptors (Lipinski definition) is 3. The Labute approximate surface area is 136 Å². The number of Topliss-reactive ketones (excluding diaryl/α,β-unsaturated/α-hetero) is 1. The number of rotatable bonds is 4. The van der Waals surface area contributed by atoms with E-state index in [1.165, 1.54) is 11.5 Å². The van der Waals surface area contributed by atoms with Crippen molar-refractivity contribution in [2.24, 2.45) is 0 Å². The Morgan fingerprint density at radius 1 is 1.27 bits per heavy atom. The van der Waals surface area contributed by atoms with Crippen LogP contribution in [-0.4, -0.2) is 16.3 Å². The molecule has 1 heterocycles. The first-order valence-corrected chi connectivity index (χ1v) is 7.43. The average molecular weight is 363 g/mol. The Morgan fingerprint density at radius 3 is 2.68 bits per heavy atom. The van der Waals surface area contributed by atoms with Crippen molar-refractivity contribution in [1.29, 1.82) is 0 Å². The van der Waals surface area contributed by atoms with Crippen LogP contribution in [0.1, 0.15) is 22.8 Å². The minimum atomic E-state index is -0.333. The van der Waals surface area contributed by atoms with Crippen molar-refractivity contribution in [3.05, 3.63) is 62.5 Å². The van der Waals surface area contributed by atoms with Crippen molar-refractivity contribution < 1.29 is 9.59 Å². The summed E-state index contributed by atoms with van der Waals surface area (Å²) >= 11 is 3.18. The molecule has 1 amide bonds. The smallest absolute Gasteiger partial charge is 0.265 e. The van der Waals surface area contributed by atoms with E-state index in [1.54, 1.807) is 36.5 Å². The molecule has 5 nitrogen and oxygen atoms in total. The topological polar surface area (TPSA) is 68.2 Å². The molecule has 0 bridgehead atoms. The molecular formula is C16H15BrN2O3. The monoisotopic (exact) mass is 362 g/mol. The van der Waals surface area contributed by atoms with Gasteiger partial charge in [0.1, 0.15) is 6.54 Å². The number of halogens is 1. The molecule has 0 aliphatic carbocycles. The van der Waals surface area contributed by atoms with Gasteiger partial charge in [-0.1, -0.05) is 12.1 Å². The minimum Gasteiger partial charge on any atom is -0.325 e. The Balaban J connectivity index is 2.16. The molecule has 0 saturated carbocycles. The van der Waals surface area contributed by atoms with Gasteiger partial charge in [-0.2, -0.15) is 0 Å². The number of anilines is 1. The SMILES string of the molecule is CC(=O)c1cccc(NC(=O)Cn2cc(C)cc(Br)c2=O)c1. The summed E-state index contributed by atoms with van der Waals surface area (Å²) < 4.78 is 1.75. The van der Waals surface area contributed by atoms with Gasteiger partial charge in [0.2, 0.25) is 5.91 Å². The van der Waals surface area contributed by atoms with Gasteiger partial charge in [-0.05, 0) is 53.5 Å². The quantitative estimate of drug-likeness (QED) is 0.850. The summed E-state index contributed by atoms with van der Waals surface area (Å²) in [5, 5.41) is 2.69. The van der Waals surface area contributed by atoms with Gasteiger partial charge in [-0.15, -0.1) is 0 Å². The van der Waals surface area contributed by atoms with Crippen LogP contribution in [-0.2, 0) is 11.3 Å². The molecule has 1 aromatic carbocycles. The molecule has 0 unspecified atom stereocenters. The minimum absolute atomic E-state index is 0.0741. The molecule has 22 heavy (non-hydrogen) atoms. The lowest BCUT2D eigenvalue weighted by Gasteiger charge is -2.09. The molecule has 0 aliphatic heterocycles. The fraction of sp³-hybridized carbons (Fsp3) is 0.188. The molecule has 1 aromatic heterocycles. The predicted molar refractivity (Wildman–Crippen MR) is 88.2 cm³/mol. The third kappa shape index (κ3) is 3.92. The Morgan fingerprint density at radius 2 is 2.00 bits per heavy atom. The number of benzene rings is 1. The third-order valence-corrected chi connectivity index (χ3v) is 3.61.